The molecule has 2 N–H and O–H groups in total. The zero-order chi connectivity index (χ0) is 9.59. The Kier molecular flexibility index (Phi) is 1.48. The van der Waals surface area contributed by atoms with Gasteiger partial charge in [-0.3, -0.25) is 4.79 Å². The van der Waals surface area contributed by atoms with E-state index in [2.05, 4.69) is 9.97 Å². The van der Waals surface area contributed by atoms with Gasteiger partial charge in [-0.2, -0.15) is 0 Å². The highest BCUT2D eigenvalue weighted by atomic mass is 16.2. The minimum atomic E-state index is -0.0208. The number of carbonyl (C=O) groups is 1. The van der Waals surface area contributed by atoms with Crippen LogP contribution in [0.1, 0.15) is 21.7 Å². The van der Waals surface area contributed by atoms with E-state index in [9.17, 15) is 4.79 Å². The summed E-state index contributed by atoms with van der Waals surface area (Å²) in [4.78, 5) is 21.1. The van der Waals surface area contributed by atoms with Crippen molar-refractivity contribution < 1.29 is 4.79 Å². The van der Waals surface area contributed by atoms with Gasteiger partial charge >= 0.3 is 0 Å². The van der Waals surface area contributed by atoms with Crippen molar-refractivity contribution in [2.75, 3.05) is 12.8 Å². The Morgan fingerprint density at radius 1 is 1.46 bits per heavy atom. The maximum Gasteiger partial charge on any atom is 0.257 e. The highest BCUT2D eigenvalue weighted by molar-refractivity contribution is 5.98. The molecule has 0 aromatic carbocycles. The van der Waals surface area contributed by atoms with Crippen LogP contribution in [0, 0.1) is 6.92 Å². The number of hydrogen-bond acceptors (Lipinski definition) is 4. The first-order valence-electron chi connectivity index (χ1n) is 3.98. The van der Waals surface area contributed by atoms with Gasteiger partial charge < -0.3 is 10.6 Å². The van der Waals surface area contributed by atoms with E-state index < -0.39 is 0 Å². The van der Waals surface area contributed by atoms with Gasteiger partial charge in [0.1, 0.15) is 0 Å². The lowest BCUT2D eigenvalue weighted by atomic mass is 10.2. The van der Waals surface area contributed by atoms with E-state index >= 15 is 0 Å². The summed E-state index contributed by atoms with van der Waals surface area (Å²) >= 11 is 0. The molecule has 0 radical (unpaired) electrons. The molecule has 0 atom stereocenters. The second-order valence-electron chi connectivity index (χ2n) is 3.15. The summed E-state index contributed by atoms with van der Waals surface area (Å²) in [6.07, 6.45) is 0. The molecule has 68 valence electrons. The second kappa shape index (κ2) is 2.42. The standard InChI is InChI=1S/C8H10N4O/c1-4-6-5(11-8(9)10-4)3-12(2)7(6)13/h3H2,1-2H3,(H2,9,10,11). The number of nitrogens with zero attached hydrogens (tertiary/aromatic N) is 3. The Morgan fingerprint density at radius 3 is 2.85 bits per heavy atom. The van der Waals surface area contributed by atoms with Crippen LogP contribution >= 0.6 is 0 Å². The Hall–Kier alpha value is -1.65. The maximum absolute atomic E-state index is 11.5. The van der Waals surface area contributed by atoms with Crippen molar-refractivity contribution in [3.8, 4) is 0 Å². The summed E-state index contributed by atoms with van der Waals surface area (Å²) < 4.78 is 0. The third-order valence-corrected chi connectivity index (χ3v) is 2.13. The maximum atomic E-state index is 11.5. The van der Waals surface area contributed by atoms with Crippen molar-refractivity contribution >= 4 is 11.9 Å². The molecule has 2 rings (SSSR count). The molecule has 0 unspecified atom stereocenters. The molecule has 0 bridgehead atoms. The Morgan fingerprint density at radius 2 is 2.15 bits per heavy atom. The van der Waals surface area contributed by atoms with E-state index in [1.54, 1.807) is 18.9 Å². The molecule has 1 aromatic heterocycles. The molecule has 13 heavy (non-hydrogen) atoms. The molecule has 1 aliphatic rings. The molecular weight excluding hydrogens is 168 g/mol. The summed E-state index contributed by atoms with van der Waals surface area (Å²) in [7, 11) is 1.74. The normalized spacial score (nSPS) is 14.9. The number of nitrogens with two attached hydrogens (primary N) is 1. The van der Waals surface area contributed by atoms with Crippen molar-refractivity contribution in [1.82, 2.24) is 14.9 Å². The van der Waals surface area contributed by atoms with E-state index in [-0.39, 0.29) is 11.9 Å². The lowest BCUT2D eigenvalue weighted by Crippen LogP contribution is -2.18. The Balaban J connectivity index is 2.64. The third kappa shape index (κ3) is 1.04. The van der Waals surface area contributed by atoms with Gasteiger partial charge in [-0.05, 0) is 6.92 Å². The van der Waals surface area contributed by atoms with Crippen LogP contribution in [0.5, 0.6) is 0 Å². The monoisotopic (exact) mass is 178 g/mol. The van der Waals surface area contributed by atoms with Crippen LogP contribution in [0.3, 0.4) is 0 Å². The third-order valence-electron chi connectivity index (χ3n) is 2.13. The molecule has 0 saturated carbocycles. The summed E-state index contributed by atoms with van der Waals surface area (Å²) in [6, 6.07) is 0. The van der Waals surface area contributed by atoms with Crippen LogP contribution in [0.15, 0.2) is 0 Å². The van der Waals surface area contributed by atoms with Crippen molar-refractivity contribution in [3.05, 3.63) is 17.0 Å². The molecule has 5 nitrogen and oxygen atoms in total. The number of aromatic nitrogens is 2. The number of rotatable bonds is 0. The number of aryl methyl sites for hydroxylation is 1. The average molecular weight is 178 g/mol. The first-order valence-corrected chi connectivity index (χ1v) is 3.98. The van der Waals surface area contributed by atoms with Crippen molar-refractivity contribution in [3.63, 3.8) is 0 Å². The van der Waals surface area contributed by atoms with Gasteiger partial charge in [0.05, 0.1) is 23.5 Å². The lowest BCUT2D eigenvalue weighted by molar-refractivity contribution is 0.0815. The minimum absolute atomic E-state index is 0.0208. The van der Waals surface area contributed by atoms with Gasteiger partial charge in [-0.1, -0.05) is 0 Å². The van der Waals surface area contributed by atoms with Gasteiger partial charge in [-0.25, -0.2) is 9.97 Å². The molecule has 1 aromatic rings. The topological polar surface area (TPSA) is 72.1 Å². The van der Waals surface area contributed by atoms with Crippen LogP contribution in [0.2, 0.25) is 0 Å². The molecule has 1 aliphatic heterocycles. The van der Waals surface area contributed by atoms with E-state index in [1.807, 2.05) is 0 Å². The molecule has 0 spiro atoms. The summed E-state index contributed by atoms with van der Waals surface area (Å²) in [5.41, 5.74) is 7.48. The lowest BCUT2D eigenvalue weighted by Gasteiger charge is -2.04. The number of amides is 1. The van der Waals surface area contributed by atoms with Crippen molar-refractivity contribution in [2.45, 2.75) is 13.5 Å². The van der Waals surface area contributed by atoms with Crippen LogP contribution in [-0.4, -0.2) is 27.8 Å². The van der Waals surface area contributed by atoms with Crippen LogP contribution < -0.4 is 5.73 Å². The molecule has 1 amide bonds. The summed E-state index contributed by atoms with van der Waals surface area (Å²) in [5.74, 6) is 0.215. The summed E-state index contributed by atoms with van der Waals surface area (Å²) in [5, 5.41) is 0. The van der Waals surface area contributed by atoms with Gasteiger partial charge in [0.15, 0.2) is 0 Å². The predicted octanol–water partition coefficient (Wildman–Crippen LogP) is -0.0472. The van der Waals surface area contributed by atoms with E-state index in [1.165, 1.54) is 0 Å². The van der Waals surface area contributed by atoms with E-state index in [0.29, 0.717) is 17.8 Å². The highest BCUT2D eigenvalue weighted by Gasteiger charge is 2.28. The van der Waals surface area contributed by atoms with Gasteiger partial charge in [0.25, 0.3) is 5.91 Å². The predicted molar refractivity (Wildman–Crippen MR) is 47.0 cm³/mol. The van der Waals surface area contributed by atoms with Crippen LogP contribution in [0.25, 0.3) is 0 Å². The first-order chi connectivity index (χ1) is 6.09. The van der Waals surface area contributed by atoms with Gasteiger partial charge in [0.2, 0.25) is 5.95 Å². The molecule has 0 fully saturated rings. The highest BCUT2D eigenvalue weighted by Crippen LogP contribution is 2.22. The minimum Gasteiger partial charge on any atom is -0.368 e. The molecule has 0 aliphatic carbocycles. The van der Waals surface area contributed by atoms with Gasteiger partial charge in [0, 0.05) is 7.05 Å². The van der Waals surface area contributed by atoms with Gasteiger partial charge in [-0.15, -0.1) is 0 Å². The smallest absolute Gasteiger partial charge is 0.257 e. The number of anilines is 1. The summed E-state index contributed by atoms with van der Waals surface area (Å²) in [6.45, 7) is 2.30. The fourth-order valence-electron chi connectivity index (χ4n) is 1.54. The van der Waals surface area contributed by atoms with Crippen molar-refractivity contribution in [1.29, 1.82) is 0 Å². The average Bonchev–Trinajstić information content (AvgIpc) is 2.27. The largest absolute Gasteiger partial charge is 0.368 e. The molecule has 5 heteroatoms. The van der Waals surface area contributed by atoms with E-state index in [4.69, 9.17) is 5.73 Å². The van der Waals surface area contributed by atoms with Crippen LogP contribution in [0.4, 0.5) is 5.95 Å². The van der Waals surface area contributed by atoms with Crippen LogP contribution in [-0.2, 0) is 6.54 Å². The van der Waals surface area contributed by atoms with Crippen molar-refractivity contribution in [2.24, 2.45) is 0 Å². The number of hydrogen-bond donors (Lipinski definition) is 1. The SMILES string of the molecule is Cc1nc(N)nc2c1C(=O)N(C)C2. The zero-order valence-electron chi connectivity index (χ0n) is 7.53. The van der Waals surface area contributed by atoms with E-state index in [0.717, 1.165) is 5.69 Å². The first kappa shape index (κ1) is 7.97. The Bertz CT molecular complexity index is 388. The molecule has 0 saturated heterocycles. The number of carbonyl (C=O) groups excluding carboxylic acids is 1. The fraction of sp³-hybridized carbons (Fsp3) is 0.375. The second-order valence-corrected chi connectivity index (χ2v) is 3.15. The quantitative estimate of drug-likeness (QED) is 0.604. The fourth-order valence-corrected chi connectivity index (χ4v) is 1.54. The number of fused-ring (bicyclic) bond motifs is 1. The number of nitrogen functional groups attached to an aromatic ring is 1. The zero-order valence-corrected chi connectivity index (χ0v) is 7.53. The Labute approximate surface area is 75.6 Å². The molecule has 2 heterocycles. The molecular formula is C8H10N4O.